The number of piperidine rings is 1. The molecule has 1 N–H and O–H groups in total. The fraction of sp³-hybridized carbons (Fsp3) is 0.650. The Balaban J connectivity index is 0.00000364. The first kappa shape index (κ1) is 23.4. The molecule has 0 atom stereocenters. The van der Waals surface area contributed by atoms with Gasteiger partial charge in [0.25, 0.3) is 0 Å². The Kier molecular flexibility index (Phi) is 10.3. The zero-order valence-electron chi connectivity index (χ0n) is 16.9. The van der Waals surface area contributed by atoms with Crippen LogP contribution < -0.4 is 19.5 Å². The van der Waals surface area contributed by atoms with Crippen LogP contribution in [0.2, 0.25) is 0 Å². The van der Waals surface area contributed by atoms with Crippen LogP contribution in [0.15, 0.2) is 12.1 Å². The molecule has 0 saturated carbocycles. The summed E-state index contributed by atoms with van der Waals surface area (Å²) < 4.78 is 16.1. The third-order valence-electron chi connectivity index (χ3n) is 5.00. The van der Waals surface area contributed by atoms with E-state index in [-0.39, 0.29) is 18.3 Å². The molecule has 0 aliphatic carbocycles. The van der Waals surface area contributed by atoms with Gasteiger partial charge in [-0.15, -0.1) is 12.4 Å². The summed E-state index contributed by atoms with van der Waals surface area (Å²) in [7, 11) is 4.79. The number of carbonyl (C=O) groups is 1. The van der Waals surface area contributed by atoms with Crippen molar-refractivity contribution in [1.29, 1.82) is 0 Å². The summed E-state index contributed by atoms with van der Waals surface area (Å²) >= 11 is 0. The van der Waals surface area contributed by atoms with Crippen molar-refractivity contribution in [1.82, 2.24) is 10.2 Å². The zero-order valence-corrected chi connectivity index (χ0v) is 17.7. The molecule has 2 rings (SSSR count). The van der Waals surface area contributed by atoms with Crippen LogP contribution in [0.25, 0.3) is 0 Å². The second kappa shape index (κ2) is 11.9. The minimum Gasteiger partial charge on any atom is -0.493 e. The third kappa shape index (κ3) is 6.47. The lowest BCUT2D eigenvalue weighted by atomic mass is 9.96. The molecule has 1 fully saturated rings. The van der Waals surface area contributed by atoms with E-state index < -0.39 is 0 Å². The summed E-state index contributed by atoms with van der Waals surface area (Å²) in [6.45, 7) is 5.92. The number of hydrogen-bond acceptors (Lipinski definition) is 5. The Morgan fingerprint density at radius 2 is 1.70 bits per heavy atom. The van der Waals surface area contributed by atoms with Gasteiger partial charge in [0, 0.05) is 19.5 Å². The molecule has 1 heterocycles. The van der Waals surface area contributed by atoms with E-state index >= 15 is 0 Å². The number of aryl methyl sites for hydroxylation is 1. The van der Waals surface area contributed by atoms with Gasteiger partial charge in [-0.1, -0.05) is 6.92 Å². The molecule has 0 unspecified atom stereocenters. The van der Waals surface area contributed by atoms with Gasteiger partial charge in [0.1, 0.15) is 0 Å². The molecule has 0 radical (unpaired) electrons. The van der Waals surface area contributed by atoms with E-state index in [2.05, 4.69) is 12.2 Å². The summed E-state index contributed by atoms with van der Waals surface area (Å²) in [5.74, 6) is 2.74. The number of methoxy groups -OCH3 is 3. The second-order valence-electron chi connectivity index (χ2n) is 6.67. The standard InChI is InChI=1S/C20H32N2O4.ClH/c1-5-21-14-15-8-10-22(11-9-15)19(23)7-6-16-12-17(24-2)20(26-4)18(13-16)25-3;/h12-13,15,21H,5-11,14H2,1-4H3;1H. The van der Waals surface area contributed by atoms with Crippen molar-refractivity contribution in [3.05, 3.63) is 17.7 Å². The minimum absolute atomic E-state index is 0. The van der Waals surface area contributed by atoms with E-state index in [1.807, 2.05) is 17.0 Å². The van der Waals surface area contributed by atoms with E-state index in [0.29, 0.717) is 36.0 Å². The van der Waals surface area contributed by atoms with Gasteiger partial charge in [0.2, 0.25) is 11.7 Å². The molecule has 1 saturated heterocycles. The van der Waals surface area contributed by atoms with Crippen LogP contribution in [0.3, 0.4) is 0 Å². The van der Waals surface area contributed by atoms with Crippen LogP contribution in [0.1, 0.15) is 31.7 Å². The molecule has 154 valence electrons. The van der Waals surface area contributed by atoms with Gasteiger partial charge in [-0.25, -0.2) is 0 Å². The molecule has 1 aliphatic heterocycles. The lowest BCUT2D eigenvalue weighted by molar-refractivity contribution is -0.132. The van der Waals surface area contributed by atoms with E-state index in [1.54, 1.807) is 21.3 Å². The Morgan fingerprint density at radius 1 is 1.11 bits per heavy atom. The van der Waals surface area contributed by atoms with Crippen molar-refractivity contribution in [3.63, 3.8) is 0 Å². The van der Waals surface area contributed by atoms with Gasteiger partial charge in [0.15, 0.2) is 11.5 Å². The normalized spacial score (nSPS) is 14.4. The summed E-state index contributed by atoms with van der Waals surface area (Å²) in [5.41, 5.74) is 1.01. The number of benzene rings is 1. The number of likely N-dealkylation sites (tertiary alicyclic amines) is 1. The Morgan fingerprint density at radius 3 is 2.19 bits per heavy atom. The van der Waals surface area contributed by atoms with Gasteiger partial charge in [-0.3, -0.25) is 4.79 Å². The quantitative estimate of drug-likeness (QED) is 0.690. The van der Waals surface area contributed by atoms with Crippen molar-refractivity contribution in [2.45, 2.75) is 32.6 Å². The maximum absolute atomic E-state index is 12.5. The molecule has 6 nitrogen and oxygen atoms in total. The van der Waals surface area contributed by atoms with Gasteiger partial charge in [-0.2, -0.15) is 0 Å². The highest BCUT2D eigenvalue weighted by Crippen LogP contribution is 2.38. The van der Waals surface area contributed by atoms with Crippen LogP contribution in [0, 0.1) is 5.92 Å². The number of nitrogens with zero attached hydrogens (tertiary/aromatic N) is 1. The van der Waals surface area contributed by atoms with Crippen LogP contribution in [0.4, 0.5) is 0 Å². The number of amides is 1. The molecule has 1 amide bonds. The highest BCUT2D eigenvalue weighted by molar-refractivity contribution is 5.85. The first-order valence-corrected chi connectivity index (χ1v) is 9.40. The maximum Gasteiger partial charge on any atom is 0.222 e. The first-order chi connectivity index (χ1) is 12.6. The van der Waals surface area contributed by atoms with Crippen molar-refractivity contribution >= 4 is 18.3 Å². The van der Waals surface area contributed by atoms with Crippen molar-refractivity contribution in [3.8, 4) is 17.2 Å². The number of carbonyl (C=O) groups excluding carboxylic acids is 1. The Labute approximate surface area is 168 Å². The number of nitrogens with one attached hydrogen (secondary N) is 1. The number of hydrogen-bond donors (Lipinski definition) is 1. The van der Waals surface area contributed by atoms with Gasteiger partial charge in [0.05, 0.1) is 21.3 Å². The van der Waals surface area contributed by atoms with Crippen LogP contribution >= 0.6 is 12.4 Å². The average Bonchev–Trinajstić information content (AvgIpc) is 2.69. The van der Waals surface area contributed by atoms with E-state index in [4.69, 9.17) is 14.2 Å². The SMILES string of the molecule is CCNCC1CCN(C(=O)CCc2cc(OC)c(OC)c(OC)c2)CC1.Cl. The number of halogens is 1. The van der Waals surface area contributed by atoms with Gasteiger partial charge >= 0.3 is 0 Å². The van der Waals surface area contributed by atoms with E-state index in [9.17, 15) is 4.79 Å². The Bertz CT molecular complexity index is 564. The van der Waals surface area contributed by atoms with Gasteiger partial charge in [-0.05, 0) is 56.0 Å². The highest BCUT2D eigenvalue weighted by Gasteiger charge is 2.22. The third-order valence-corrected chi connectivity index (χ3v) is 5.00. The summed E-state index contributed by atoms with van der Waals surface area (Å²) in [6, 6.07) is 3.83. The highest BCUT2D eigenvalue weighted by atomic mass is 35.5. The van der Waals surface area contributed by atoms with Crippen LogP contribution in [-0.2, 0) is 11.2 Å². The summed E-state index contributed by atoms with van der Waals surface area (Å²) in [5, 5.41) is 3.40. The molecular weight excluding hydrogens is 368 g/mol. The molecule has 1 aromatic rings. The second-order valence-corrected chi connectivity index (χ2v) is 6.67. The predicted octanol–water partition coefficient (Wildman–Crippen LogP) is 2.91. The molecule has 1 aliphatic rings. The average molecular weight is 401 g/mol. The van der Waals surface area contributed by atoms with E-state index in [1.165, 1.54) is 0 Å². The number of rotatable bonds is 9. The monoisotopic (exact) mass is 400 g/mol. The van der Waals surface area contributed by atoms with Crippen molar-refractivity contribution in [2.24, 2.45) is 5.92 Å². The largest absolute Gasteiger partial charge is 0.493 e. The smallest absolute Gasteiger partial charge is 0.222 e. The fourth-order valence-electron chi connectivity index (χ4n) is 3.42. The van der Waals surface area contributed by atoms with Crippen molar-refractivity contribution < 1.29 is 19.0 Å². The van der Waals surface area contributed by atoms with Crippen LogP contribution in [0.5, 0.6) is 17.2 Å². The molecule has 0 aromatic heterocycles. The molecule has 1 aromatic carbocycles. The first-order valence-electron chi connectivity index (χ1n) is 9.40. The lowest BCUT2D eigenvalue weighted by Gasteiger charge is -2.32. The fourth-order valence-corrected chi connectivity index (χ4v) is 3.42. The molecule has 0 spiro atoms. The number of ether oxygens (including phenoxy) is 3. The molecule has 7 heteroatoms. The van der Waals surface area contributed by atoms with Crippen LogP contribution in [-0.4, -0.2) is 58.3 Å². The minimum atomic E-state index is 0. The lowest BCUT2D eigenvalue weighted by Crippen LogP contribution is -2.40. The summed E-state index contributed by atoms with van der Waals surface area (Å²) in [4.78, 5) is 14.5. The topological polar surface area (TPSA) is 60.0 Å². The summed E-state index contributed by atoms with van der Waals surface area (Å²) in [6.07, 6.45) is 3.33. The molecule has 27 heavy (non-hydrogen) atoms. The van der Waals surface area contributed by atoms with Gasteiger partial charge < -0.3 is 24.4 Å². The Hall–Kier alpha value is -1.66. The maximum atomic E-state index is 12.5. The predicted molar refractivity (Wildman–Crippen MR) is 110 cm³/mol. The van der Waals surface area contributed by atoms with E-state index in [0.717, 1.165) is 44.6 Å². The zero-order chi connectivity index (χ0) is 18.9. The molecular formula is C20H33ClN2O4. The molecule has 0 bridgehead atoms. The van der Waals surface area contributed by atoms with Crippen molar-refractivity contribution in [2.75, 3.05) is 47.5 Å².